The Balaban J connectivity index is 1.87. The Kier molecular flexibility index (Phi) is 3.22. The molecule has 1 aliphatic rings. The summed E-state index contributed by atoms with van der Waals surface area (Å²) < 4.78 is 0. The molecule has 20 heavy (non-hydrogen) atoms. The minimum atomic E-state index is -0.471. The lowest BCUT2D eigenvalue weighted by molar-refractivity contribution is 0.0893. The van der Waals surface area contributed by atoms with E-state index in [9.17, 15) is 4.79 Å². The molecule has 0 spiro atoms. The molecule has 1 N–H and O–H groups in total. The first-order valence-electron chi connectivity index (χ1n) is 6.82. The molecule has 0 atom stereocenters. The van der Waals surface area contributed by atoms with Gasteiger partial charge >= 0.3 is 0 Å². The maximum Gasteiger partial charge on any atom is 0.252 e. The number of nitrogens with one attached hydrogen (secondary N) is 1. The van der Waals surface area contributed by atoms with Crippen LogP contribution in [-0.4, -0.2) is 26.1 Å². The number of hydrogen-bond acceptors (Lipinski definition) is 4. The molecule has 0 aliphatic heterocycles. The van der Waals surface area contributed by atoms with Gasteiger partial charge in [-0.15, -0.1) is 10.2 Å². The van der Waals surface area contributed by atoms with Gasteiger partial charge in [-0.2, -0.15) is 4.80 Å². The Labute approximate surface area is 117 Å². The fraction of sp³-hybridized carbons (Fsp3) is 0.429. The van der Waals surface area contributed by atoms with Crippen LogP contribution in [0.4, 0.5) is 0 Å². The van der Waals surface area contributed by atoms with E-state index >= 15 is 0 Å². The largest absolute Gasteiger partial charge is 0.339 e. The van der Waals surface area contributed by atoms with Gasteiger partial charge in [0.05, 0.1) is 7.05 Å². The molecule has 104 valence electrons. The molecule has 1 fully saturated rings. The third kappa shape index (κ3) is 2.29. The summed E-state index contributed by atoms with van der Waals surface area (Å²) in [5.74, 6) is 0.529. The Morgan fingerprint density at radius 3 is 2.55 bits per heavy atom. The highest BCUT2D eigenvalue weighted by Gasteiger charge is 2.41. The number of benzene rings is 1. The number of rotatable bonds is 3. The van der Waals surface area contributed by atoms with Crippen LogP contribution in [0.3, 0.4) is 0 Å². The lowest BCUT2D eigenvalue weighted by Crippen LogP contribution is -2.44. The quantitative estimate of drug-likeness (QED) is 0.916. The van der Waals surface area contributed by atoms with Crippen molar-refractivity contribution in [3.05, 3.63) is 41.7 Å². The minimum Gasteiger partial charge on any atom is -0.339 e. The zero-order valence-electron chi connectivity index (χ0n) is 11.4. The van der Waals surface area contributed by atoms with Crippen LogP contribution in [0.5, 0.6) is 0 Å². The van der Waals surface area contributed by atoms with Crippen LogP contribution in [0.25, 0.3) is 0 Å². The molecular formula is C14H17N5O. The van der Waals surface area contributed by atoms with Gasteiger partial charge in [0.25, 0.3) is 5.91 Å². The second-order valence-corrected chi connectivity index (χ2v) is 5.21. The van der Waals surface area contributed by atoms with Crippen LogP contribution in [0.1, 0.15) is 41.9 Å². The van der Waals surface area contributed by atoms with Crippen molar-refractivity contribution >= 4 is 5.91 Å². The van der Waals surface area contributed by atoms with E-state index in [0.717, 1.165) is 25.7 Å². The van der Waals surface area contributed by atoms with Crippen LogP contribution in [0.2, 0.25) is 0 Å². The second-order valence-electron chi connectivity index (χ2n) is 5.21. The zero-order chi connectivity index (χ0) is 14.0. The van der Waals surface area contributed by atoms with Crippen molar-refractivity contribution in [2.24, 2.45) is 7.05 Å². The summed E-state index contributed by atoms with van der Waals surface area (Å²) in [6.45, 7) is 0. The number of hydrogen-bond donors (Lipinski definition) is 1. The van der Waals surface area contributed by atoms with E-state index in [1.807, 2.05) is 30.3 Å². The van der Waals surface area contributed by atoms with Gasteiger partial charge in [-0.1, -0.05) is 31.0 Å². The highest BCUT2D eigenvalue weighted by molar-refractivity contribution is 5.94. The van der Waals surface area contributed by atoms with Gasteiger partial charge < -0.3 is 5.32 Å². The number of aryl methyl sites for hydroxylation is 1. The topological polar surface area (TPSA) is 72.7 Å². The van der Waals surface area contributed by atoms with E-state index in [1.165, 1.54) is 4.80 Å². The van der Waals surface area contributed by atoms with E-state index in [0.29, 0.717) is 11.4 Å². The number of carbonyl (C=O) groups is 1. The molecular weight excluding hydrogens is 254 g/mol. The van der Waals surface area contributed by atoms with Crippen LogP contribution < -0.4 is 5.32 Å². The molecule has 0 unspecified atom stereocenters. The van der Waals surface area contributed by atoms with E-state index in [1.54, 1.807) is 7.05 Å². The number of amides is 1. The van der Waals surface area contributed by atoms with Crippen molar-refractivity contribution in [2.75, 3.05) is 0 Å². The molecule has 0 bridgehead atoms. The maximum absolute atomic E-state index is 12.4. The van der Waals surface area contributed by atoms with Gasteiger partial charge in [0.1, 0.15) is 5.54 Å². The minimum absolute atomic E-state index is 0.0834. The average Bonchev–Trinajstić information content (AvgIpc) is 3.10. The first-order valence-corrected chi connectivity index (χ1v) is 6.82. The lowest BCUT2D eigenvalue weighted by atomic mass is 9.96. The summed E-state index contributed by atoms with van der Waals surface area (Å²) in [6, 6.07) is 9.23. The first kappa shape index (κ1) is 12.8. The zero-order valence-corrected chi connectivity index (χ0v) is 11.4. The SMILES string of the molecule is Cn1nnc(C2(NC(=O)c3ccccc3)CCCC2)n1. The molecule has 1 heterocycles. The molecule has 1 aromatic carbocycles. The Morgan fingerprint density at radius 1 is 1.25 bits per heavy atom. The van der Waals surface area contributed by atoms with Crippen molar-refractivity contribution in [3.8, 4) is 0 Å². The summed E-state index contributed by atoms with van der Waals surface area (Å²) in [4.78, 5) is 13.8. The predicted molar refractivity (Wildman–Crippen MR) is 72.9 cm³/mol. The third-order valence-corrected chi connectivity index (χ3v) is 3.78. The summed E-state index contributed by atoms with van der Waals surface area (Å²) >= 11 is 0. The highest BCUT2D eigenvalue weighted by Crippen LogP contribution is 2.36. The van der Waals surface area contributed by atoms with Gasteiger partial charge in [0, 0.05) is 5.56 Å². The molecule has 6 nitrogen and oxygen atoms in total. The smallest absolute Gasteiger partial charge is 0.252 e. The van der Waals surface area contributed by atoms with Crippen LogP contribution in [0.15, 0.2) is 30.3 Å². The van der Waals surface area contributed by atoms with Crippen molar-refractivity contribution in [3.63, 3.8) is 0 Å². The maximum atomic E-state index is 12.4. The monoisotopic (exact) mass is 271 g/mol. The van der Waals surface area contributed by atoms with Crippen molar-refractivity contribution < 1.29 is 4.79 Å². The molecule has 1 amide bonds. The van der Waals surface area contributed by atoms with Crippen LogP contribution in [0, 0.1) is 0 Å². The normalized spacial score (nSPS) is 17.1. The Bertz CT molecular complexity index is 601. The molecule has 1 aromatic heterocycles. The van der Waals surface area contributed by atoms with Crippen molar-refractivity contribution in [2.45, 2.75) is 31.2 Å². The van der Waals surface area contributed by atoms with Crippen LogP contribution >= 0.6 is 0 Å². The highest BCUT2D eigenvalue weighted by atomic mass is 16.1. The average molecular weight is 271 g/mol. The fourth-order valence-corrected chi connectivity index (χ4v) is 2.74. The first-order chi connectivity index (χ1) is 9.70. The summed E-state index contributed by atoms with van der Waals surface area (Å²) in [6.07, 6.45) is 3.84. The predicted octanol–water partition coefficient (Wildman–Crippen LogP) is 1.41. The number of nitrogens with zero attached hydrogens (tertiary/aromatic N) is 4. The van der Waals surface area contributed by atoms with E-state index in [-0.39, 0.29) is 5.91 Å². The molecule has 1 saturated carbocycles. The molecule has 0 radical (unpaired) electrons. The van der Waals surface area contributed by atoms with Crippen molar-refractivity contribution in [1.29, 1.82) is 0 Å². The second kappa shape index (κ2) is 5.03. The van der Waals surface area contributed by atoms with E-state index < -0.39 is 5.54 Å². The Morgan fingerprint density at radius 2 is 1.95 bits per heavy atom. The molecule has 0 saturated heterocycles. The lowest BCUT2D eigenvalue weighted by Gasteiger charge is -2.26. The summed E-state index contributed by atoms with van der Waals surface area (Å²) in [5, 5.41) is 15.4. The van der Waals surface area contributed by atoms with Gasteiger partial charge in [-0.05, 0) is 30.2 Å². The van der Waals surface area contributed by atoms with Gasteiger partial charge in [-0.3, -0.25) is 4.79 Å². The van der Waals surface area contributed by atoms with Gasteiger partial charge in [-0.25, -0.2) is 0 Å². The van der Waals surface area contributed by atoms with E-state index in [4.69, 9.17) is 0 Å². The molecule has 3 rings (SSSR count). The molecule has 6 heteroatoms. The summed E-state index contributed by atoms with van der Waals surface area (Å²) in [5.41, 5.74) is 0.184. The number of carbonyl (C=O) groups excluding carboxylic acids is 1. The number of tetrazole rings is 1. The van der Waals surface area contributed by atoms with Crippen LogP contribution in [-0.2, 0) is 12.6 Å². The molecule has 2 aromatic rings. The molecule has 1 aliphatic carbocycles. The van der Waals surface area contributed by atoms with Gasteiger partial charge in [0.2, 0.25) is 0 Å². The van der Waals surface area contributed by atoms with Crippen molar-refractivity contribution in [1.82, 2.24) is 25.5 Å². The van der Waals surface area contributed by atoms with E-state index in [2.05, 4.69) is 20.7 Å². The summed E-state index contributed by atoms with van der Waals surface area (Å²) in [7, 11) is 1.73. The third-order valence-electron chi connectivity index (χ3n) is 3.78. The number of aromatic nitrogens is 4. The Hall–Kier alpha value is -2.24. The van der Waals surface area contributed by atoms with Gasteiger partial charge in [0.15, 0.2) is 5.82 Å². The fourth-order valence-electron chi connectivity index (χ4n) is 2.74. The standard InChI is InChI=1S/C14H17N5O/c1-19-17-13(16-18-19)14(9-5-6-10-14)15-12(20)11-7-3-2-4-8-11/h2-4,7-8H,5-6,9-10H2,1H3,(H,15,20).